The van der Waals surface area contributed by atoms with Crippen molar-refractivity contribution in [3.8, 4) is 0 Å². The molecule has 0 fully saturated rings. The fraction of sp³-hybridized carbons (Fsp3) is 0.375. The van der Waals surface area contributed by atoms with Gasteiger partial charge in [0.05, 0.1) is 5.69 Å². The lowest BCUT2D eigenvalue weighted by Crippen LogP contribution is -2.11. The molecule has 1 aromatic rings. The number of aromatic carboxylic acids is 1. The van der Waals surface area contributed by atoms with Crippen molar-refractivity contribution >= 4 is 17.7 Å². The average Bonchev–Trinajstić information content (AvgIpc) is 1.96. The Bertz CT molecular complexity index is 434. The van der Waals surface area contributed by atoms with Crippen molar-refractivity contribution in [2.45, 2.75) is 24.4 Å². The summed E-state index contributed by atoms with van der Waals surface area (Å²) in [4.78, 5) is 18.0. The van der Waals surface area contributed by atoms with Crippen LogP contribution in [0.3, 0.4) is 0 Å². The van der Waals surface area contributed by atoms with Crippen LogP contribution in [0.4, 0.5) is 13.2 Å². The molecular formula is C8H7F3N2O2S. The second-order valence-corrected chi connectivity index (χ2v) is 3.94. The van der Waals surface area contributed by atoms with Crippen LogP contribution in [-0.2, 0) is 0 Å². The molecule has 0 aromatic carbocycles. The summed E-state index contributed by atoms with van der Waals surface area (Å²) in [6, 6.07) is 0. The summed E-state index contributed by atoms with van der Waals surface area (Å²) in [5.41, 5.74) is -5.06. The zero-order valence-corrected chi connectivity index (χ0v) is 9.11. The Morgan fingerprint density at radius 1 is 1.31 bits per heavy atom. The minimum Gasteiger partial charge on any atom is -0.478 e. The molecule has 0 unspecified atom stereocenters. The molecule has 0 saturated carbocycles. The van der Waals surface area contributed by atoms with E-state index in [-0.39, 0.29) is 11.5 Å². The number of aromatic nitrogens is 2. The van der Waals surface area contributed by atoms with E-state index in [0.29, 0.717) is 0 Å². The van der Waals surface area contributed by atoms with E-state index in [2.05, 4.69) is 9.97 Å². The molecule has 1 heterocycles. The summed E-state index contributed by atoms with van der Waals surface area (Å²) in [5.74, 6) is -1.36. The first-order valence-corrected chi connectivity index (χ1v) is 4.86. The van der Waals surface area contributed by atoms with Crippen LogP contribution >= 0.6 is 11.8 Å². The van der Waals surface area contributed by atoms with Gasteiger partial charge in [0.25, 0.3) is 0 Å². The number of rotatable bonds is 2. The third-order valence-corrected chi connectivity index (χ3v) is 2.32. The zero-order chi connectivity index (χ0) is 12.5. The van der Waals surface area contributed by atoms with Gasteiger partial charge in [-0.05, 0) is 13.8 Å². The number of aryl methyl sites for hydroxylation is 2. The number of carboxylic acids is 1. The van der Waals surface area contributed by atoms with Gasteiger partial charge >= 0.3 is 11.5 Å². The molecule has 4 nitrogen and oxygen atoms in total. The Morgan fingerprint density at radius 2 is 1.88 bits per heavy atom. The highest BCUT2D eigenvalue weighted by Gasteiger charge is 2.33. The third-order valence-electron chi connectivity index (χ3n) is 1.59. The van der Waals surface area contributed by atoms with E-state index >= 15 is 0 Å². The Labute approximate surface area is 92.9 Å². The van der Waals surface area contributed by atoms with Gasteiger partial charge in [-0.25, -0.2) is 14.8 Å². The van der Waals surface area contributed by atoms with Crippen molar-refractivity contribution in [1.29, 1.82) is 0 Å². The molecule has 0 bridgehead atoms. The summed E-state index contributed by atoms with van der Waals surface area (Å²) in [6.07, 6.45) is 0. The third kappa shape index (κ3) is 3.09. The van der Waals surface area contributed by atoms with Crippen molar-refractivity contribution in [3.05, 3.63) is 17.1 Å². The Balaban J connectivity index is 3.30. The molecule has 16 heavy (non-hydrogen) atoms. The molecule has 1 N–H and O–H groups in total. The smallest absolute Gasteiger partial charge is 0.447 e. The summed E-state index contributed by atoms with van der Waals surface area (Å²) < 4.78 is 36.5. The number of thioether (sulfide) groups is 1. The Morgan fingerprint density at radius 3 is 2.31 bits per heavy atom. The molecule has 0 atom stereocenters. The Kier molecular flexibility index (Phi) is 3.41. The monoisotopic (exact) mass is 252 g/mol. The van der Waals surface area contributed by atoms with Gasteiger partial charge in [0.1, 0.15) is 16.4 Å². The average molecular weight is 252 g/mol. The van der Waals surface area contributed by atoms with Gasteiger partial charge < -0.3 is 5.11 Å². The minimum atomic E-state index is -4.57. The van der Waals surface area contributed by atoms with Crippen LogP contribution in [0.5, 0.6) is 0 Å². The first kappa shape index (κ1) is 12.8. The standard InChI is InChI=1S/C8H7F3N2O2S/c1-3-5(7(14)15)6(13-4(2)12-3)16-8(9,10)11/h1-2H3,(H,14,15). The number of hydrogen-bond acceptors (Lipinski definition) is 4. The lowest BCUT2D eigenvalue weighted by atomic mass is 10.2. The van der Waals surface area contributed by atoms with Gasteiger partial charge in [-0.2, -0.15) is 13.2 Å². The molecular weight excluding hydrogens is 245 g/mol. The van der Waals surface area contributed by atoms with E-state index in [0.717, 1.165) is 0 Å². The highest BCUT2D eigenvalue weighted by Crippen LogP contribution is 2.37. The van der Waals surface area contributed by atoms with Crippen molar-refractivity contribution in [3.63, 3.8) is 0 Å². The first-order valence-electron chi connectivity index (χ1n) is 4.05. The summed E-state index contributed by atoms with van der Waals surface area (Å²) in [6.45, 7) is 2.73. The van der Waals surface area contributed by atoms with Gasteiger partial charge in [-0.15, -0.1) is 0 Å². The number of nitrogens with zero attached hydrogens (tertiary/aromatic N) is 2. The van der Waals surface area contributed by atoms with Crippen LogP contribution < -0.4 is 0 Å². The normalized spacial score (nSPS) is 11.6. The maximum Gasteiger partial charge on any atom is 0.447 e. The van der Waals surface area contributed by atoms with Crippen LogP contribution in [0.2, 0.25) is 0 Å². The van der Waals surface area contributed by atoms with Crippen molar-refractivity contribution in [1.82, 2.24) is 9.97 Å². The van der Waals surface area contributed by atoms with E-state index in [4.69, 9.17) is 5.11 Å². The van der Waals surface area contributed by atoms with Crippen molar-refractivity contribution in [2.24, 2.45) is 0 Å². The predicted octanol–water partition coefficient (Wildman–Crippen LogP) is 2.40. The molecule has 0 aliphatic carbocycles. The molecule has 1 aromatic heterocycles. The molecule has 1 rings (SSSR count). The van der Waals surface area contributed by atoms with Crippen molar-refractivity contribution < 1.29 is 23.1 Å². The maximum absolute atomic E-state index is 12.2. The highest BCUT2D eigenvalue weighted by atomic mass is 32.2. The molecule has 0 radical (unpaired) electrons. The van der Waals surface area contributed by atoms with Gasteiger partial charge in [-0.3, -0.25) is 0 Å². The van der Waals surface area contributed by atoms with Gasteiger partial charge in [-0.1, -0.05) is 0 Å². The SMILES string of the molecule is Cc1nc(C)c(C(=O)O)c(SC(F)(F)F)n1. The van der Waals surface area contributed by atoms with Crippen LogP contribution in [0.15, 0.2) is 5.03 Å². The van der Waals surface area contributed by atoms with Gasteiger partial charge in [0, 0.05) is 11.8 Å². The van der Waals surface area contributed by atoms with E-state index in [1.54, 1.807) is 0 Å². The fourth-order valence-electron chi connectivity index (χ4n) is 1.11. The second-order valence-electron chi connectivity index (χ2n) is 2.89. The molecule has 8 heteroatoms. The van der Waals surface area contributed by atoms with Crippen molar-refractivity contribution in [2.75, 3.05) is 0 Å². The summed E-state index contributed by atoms with van der Waals surface area (Å²) in [5, 5.41) is 8.19. The van der Waals surface area contributed by atoms with Gasteiger partial charge in [0.15, 0.2) is 0 Å². The molecule has 0 aliphatic rings. The van der Waals surface area contributed by atoms with E-state index in [1.165, 1.54) is 13.8 Å². The minimum absolute atomic E-state index is 0.0201. The molecule has 0 amide bonds. The number of carbonyl (C=O) groups is 1. The lowest BCUT2D eigenvalue weighted by Gasteiger charge is -2.09. The molecule has 0 saturated heterocycles. The van der Waals surface area contributed by atoms with Crippen LogP contribution in [0.1, 0.15) is 21.9 Å². The quantitative estimate of drug-likeness (QED) is 0.646. The molecule has 0 spiro atoms. The molecule has 88 valence electrons. The van der Waals surface area contributed by atoms with E-state index in [1.807, 2.05) is 0 Å². The fourth-order valence-corrected chi connectivity index (χ4v) is 1.84. The Hall–Kier alpha value is -1.31. The lowest BCUT2D eigenvalue weighted by molar-refractivity contribution is -0.0329. The summed E-state index contributed by atoms with van der Waals surface area (Å²) >= 11 is -0.548. The zero-order valence-electron chi connectivity index (χ0n) is 8.29. The van der Waals surface area contributed by atoms with Crippen LogP contribution in [0.25, 0.3) is 0 Å². The van der Waals surface area contributed by atoms with E-state index < -0.39 is 33.8 Å². The number of halogens is 3. The number of hydrogen-bond donors (Lipinski definition) is 1. The first-order chi connectivity index (χ1) is 7.20. The number of alkyl halides is 3. The largest absolute Gasteiger partial charge is 0.478 e. The highest BCUT2D eigenvalue weighted by molar-refractivity contribution is 8.00. The van der Waals surface area contributed by atoms with Crippen LogP contribution in [-0.4, -0.2) is 26.6 Å². The van der Waals surface area contributed by atoms with Gasteiger partial charge in [0.2, 0.25) is 0 Å². The summed E-state index contributed by atoms with van der Waals surface area (Å²) in [7, 11) is 0. The number of carboxylic acid groups (broad SMARTS) is 1. The van der Waals surface area contributed by atoms with Crippen LogP contribution in [0, 0.1) is 13.8 Å². The second kappa shape index (κ2) is 4.28. The molecule has 0 aliphatic heterocycles. The predicted molar refractivity (Wildman–Crippen MR) is 50.4 cm³/mol. The van der Waals surface area contributed by atoms with E-state index in [9.17, 15) is 18.0 Å². The maximum atomic E-state index is 12.2. The topological polar surface area (TPSA) is 63.1 Å².